The molecule has 5 nitrogen and oxygen atoms in total. The fraction of sp³-hybridized carbons (Fsp3) is 0.158. The summed E-state index contributed by atoms with van der Waals surface area (Å²) in [6, 6.07) is 15.5. The van der Waals surface area contributed by atoms with E-state index in [-0.39, 0.29) is 11.1 Å². The number of pyridine rings is 1. The van der Waals surface area contributed by atoms with E-state index in [4.69, 9.17) is 9.84 Å². The van der Waals surface area contributed by atoms with Crippen molar-refractivity contribution in [2.75, 3.05) is 6.61 Å². The van der Waals surface area contributed by atoms with Crippen LogP contribution in [0.15, 0.2) is 59.4 Å². The average Bonchev–Trinajstić information content (AvgIpc) is 2.58. The summed E-state index contributed by atoms with van der Waals surface area (Å²) in [5.74, 6) is -0.230. The van der Waals surface area contributed by atoms with Crippen LogP contribution in [0.2, 0.25) is 0 Å². The Bertz CT molecular complexity index is 959. The zero-order valence-corrected chi connectivity index (χ0v) is 13.2. The van der Waals surface area contributed by atoms with E-state index >= 15 is 0 Å². The molecule has 3 rings (SSSR count). The summed E-state index contributed by atoms with van der Waals surface area (Å²) in [5.41, 5.74) is 1.62. The standard InChI is InChI=1S/C19H17NO4/c1-2-24-16-7-8-17-14(11-16)6-9-18(21)20(17)12-13-4-3-5-15(10-13)19(22)23/h3-11H,2,12H2,1H3,(H,22,23). The zero-order valence-electron chi connectivity index (χ0n) is 13.2. The highest BCUT2D eigenvalue weighted by Gasteiger charge is 2.08. The van der Waals surface area contributed by atoms with Crippen molar-refractivity contribution in [3.05, 3.63) is 76.1 Å². The molecule has 3 aromatic rings. The minimum absolute atomic E-state index is 0.132. The molecule has 5 heteroatoms. The van der Waals surface area contributed by atoms with Crippen molar-refractivity contribution in [3.63, 3.8) is 0 Å². The number of fused-ring (bicyclic) bond motifs is 1. The van der Waals surface area contributed by atoms with Gasteiger partial charge in [-0.3, -0.25) is 4.79 Å². The smallest absolute Gasteiger partial charge is 0.335 e. The number of carboxylic acid groups (broad SMARTS) is 1. The number of hydrogen-bond acceptors (Lipinski definition) is 3. The van der Waals surface area contributed by atoms with Crippen molar-refractivity contribution in [3.8, 4) is 5.75 Å². The molecule has 0 bridgehead atoms. The molecule has 0 aliphatic heterocycles. The molecule has 122 valence electrons. The Morgan fingerprint density at radius 1 is 1.12 bits per heavy atom. The molecule has 0 aliphatic carbocycles. The predicted molar refractivity (Wildman–Crippen MR) is 91.9 cm³/mol. The third kappa shape index (κ3) is 3.15. The average molecular weight is 323 g/mol. The number of hydrogen-bond donors (Lipinski definition) is 1. The van der Waals surface area contributed by atoms with Crippen molar-refractivity contribution in [2.45, 2.75) is 13.5 Å². The van der Waals surface area contributed by atoms with Crippen LogP contribution in [0.1, 0.15) is 22.8 Å². The van der Waals surface area contributed by atoms with Crippen molar-refractivity contribution in [1.29, 1.82) is 0 Å². The maximum atomic E-state index is 12.3. The molecule has 0 radical (unpaired) electrons. The van der Waals surface area contributed by atoms with Gasteiger partial charge in [0.25, 0.3) is 5.56 Å². The highest BCUT2D eigenvalue weighted by atomic mass is 16.5. The minimum atomic E-state index is -0.983. The first-order valence-electron chi connectivity index (χ1n) is 7.67. The van der Waals surface area contributed by atoms with Crippen LogP contribution >= 0.6 is 0 Å². The van der Waals surface area contributed by atoms with Crippen LogP contribution in [0.3, 0.4) is 0 Å². The van der Waals surface area contributed by atoms with E-state index < -0.39 is 5.97 Å². The molecule has 0 aliphatic rings. The van der Waals surface area contributed by atoms with Crippen LogP contribution < -0.4 is 10.3 Å². The monoisotopic (exact) mass is 323 g/mol. The first kappa shape index (κ1) is 15.8. The van der Waals surface area contributed by atoms with Gasteiger partial charge in [-0.25, -0.2) is 4.79 Å². The largest absolute Gasteiger partial charge is 0.494 e. The molecular weight excluding hydrogens is 306 g/mol. The van der Waals surface area contributed by atoms with Gasteiger partial charge in [0.2, 0.25) is 0 Å². The molecule has 0 saturated heterocycles. The van der Waals surface area contributed by atoms with Crippen LogP contribution in [0.4, 0.5) is 0 Å². The van der Waals surface area contributed by atoms with Gasteiger partial charge < -0.3 is 14.4 Å². The Labute approximate surface area is 138 Å². The van der Waals surface area contributed by atoms with E-state index in [2.05, 4.69) is 0 Å². The molecular formula is C19H17NO4. The maximum absolute atomic E-state index is 12.3. The summed E-state index contributed by atoms with van der Waals surface area (Å²) in [4.78, 5) is 23.4. The number of benzene rings is 2. The summed E-state index contributed by atoms with van der Waals surface area (Å²) in [5, 5.41) is 10.00. The summed E-state index contributed by atoms with van der Waals surface area (Å²) in [7, 11) is 0. The van der Waals surface area contributed by atoms with Crippen molar-refractivity contribution in [2.24, 2.45) is 0 Å². The summed E-state index contributed by atoms with van der Waals surface area (Å²) >= 11 is 0. The van der Waals surface area contributed by atoms with E-state index in [9.17, 15) is 9.59 Å². The number of aromatic carboxylic acids is 1. The topological polar surface area (TPSA) is 68.5 Å². The number of ether oxygens (including phenoxy) is 1. The van der Waals surface area contributed by atoms with Crippen LogP contribution in [0.5, 0.6) is 5.75 Å². The first-order chi connectivity index (χ1) is 11.6. The van der Waals surface area contributed by atoms with Gasteiger partial charge in [-0.05, 0) is 48.9 Å². The predicted octanol–water partition coefficient (Wildman–Crippen LogP) is 3.15. The lowest BCUT2D eigenvalue weighted by molar-refractivity contribution is 0.0696. The highest BCUT2D eigenvalue weighted by Crippen LogP contribution is 2.20. The van der Waals surface area contributed by atoms with Gasteiger partial charge >= 0.3 is 5.97 Å². The number of aromatic nitrogens is 1. The second-order valence-electron chi connectivity index (χ2n) is 5.42. The van der Waals surface area contributed by atoms with Crippen molar-refractivity contribution < 1.29 is 14.6 Å². The highest BCUT2D eigenvalue weighted by molar-refractivity contribution is 5.87. The Hall–Kier alpha value is -3.08. The van der Waals surface area contributed by atoms with Gasteiger partial charge in [0.15, 0.2) is 0 Å². The van der Waals surface area contributed by atoms with Gasteiger partial charge in [-0.15, -0.1) is 0 Å². The van der Waals surface area contributed by atoms with Crippen LogP contribution in [0, 0.1) is 0 Å². The molecule has 0 spiro atoms. The number of rotatable bonds is 5. The molecule has 0 amide bonds. The normalized spacial score (nSPS) is 10.7. The van der Waals surface area contributed by atoms with Gasteiger partial charge in [0, 0.05) is 11.5 Å². The van der Waals surface area contributed by atoms with Crippen LogP contribution in [0.25, 0.3) is 10.9 Å². The third-order valence-electron chi connectivity index (χ3n) is 3.79. The molecule has 0 atom stereocenters. The number of carbonyl (C=O) groups is 1. The maximum Gasteiger partial charge on any atom is 0.335 e. The fourth-order valence-electron chi connectivity index (χ4n) is 2.69. The lowest BCUT2D eigenvalue weighted by atomic mass is 10.1. The lowest BCUT2D eigenvalue weighted by Gasteiger charge is -2.12. The van der Waals surface area contributed by atoms with Gasteiger partial charge in [0.05, 0.1) is 24.2 Å². The first-order valence-corrected chi connectivity index (χ1v) is 7.67. The molecule has 24 heavy (non-hydrogen) atoms. The second kappa shape index (κ2) is 6.58. The molecule has 0 fully saturated rings. The Balaban J connectivity index is 2.05. The Morgan fingerprint density at radius 2 is 1.96 bits per heavy atom. The van der Waals surface area contributed by atoms with Gasteiger partial charge in [-0.1, -0.05) is 12.1 Å². The SMILES string of the molecule is CCOc1ccc2c(ccc(=O)n2Cc2cccc(C(=O)O)c2)c1. The van der Waals surface area contributed by atoms with E-state index in [1.807, 2.05) is 31.2 Å². The van der Waals surface area contributed by atoms with E-state index in [1.165, 1.54) is 12.1 Å². The Kier molecular flexibility index (Phi) is 4.33. The molecule has 1 N–H and O–H groups in total. The zero-order chi connectivity index (χ0) is 17.1. The van der Waals surface area contributed by atoms with Crippen LogP contribution in [-0.2, 0) is 6.54 Å². The molecule has 1 heterocycles. The van der Waals surface area contributed by atoms with Gasteiger partial charge in [-0.2, -0.15) is 0 Å². The van der Waals surface area contributed by atoms with E-state index in [1.54, 1.807) is 22.8 Å². The van der Waals surface area contributed by atoms with Crippen LogP contribution in [-0.4, -0.2) is 22.2 Å². The summed E-state index contributed by atoms with van der Waals surface area (Å²) in [6.45, 7) is 2.80. The third-order valence-corrected chi connectivity index (χ3v) is 3.79. The Morgan fingerprint density at radius 3 is 2.71 bits per heavy atom. The lowest BCUT2D eigenvalue weighted by Crippen LogP contribution is -2.20. The molecule has 0 saturated carbocycles. The fourth-order valence-corrected chi connectivity index (χ4v) is 2.69. The summed E-state index contributed by atoms with van der Waals surface area (Å²) < 4.78 is 7.12. The minimum Gasteiger partial charge on any atom is -0.494 e. The summed E-state index contributed by atoms with van der Waals surface area (Å²) in [6.07, 6.45) is 0. The van der Waals surface area contributed by atoms with Gasteiger partial charge in [0.1, 0.15) is 5.75 Å². The van der Waals surface area contributed by atoms with E-state index in [0.29, 0.717) is 13.2 Å². The molecule has 1 aromatic heterocycles. The molecule has 2 aromatic carbocycles. The second-order valence-corrected chi connectivity index (χ2v) is 5.42. The number of carboxylic acids is 1. The number of nitrogens with zero attached hydrogens (tertiary/aromatic N) is 1. The van der Waals surface area contributed by atoms with Crippen molar-refractivity contribution >= 4 is 16.9 Å². The van der Waals surface area contributed by atoms with Crippen molar-refractivity contribution in [1.82, 2.24) is 4.57 Å². The molecule has 0 unspecified atom stereocenters. The quantitative estimate of drug-likeness (QED) is 0.783. The van der Waals surface area contributed by atoms with E-state index in [0.717, 1.165) is 22.2 Å².